The summed E-state index contributed by atoms with van der Waals surface area (Å²) in [5.74, 6) is 0. The molecule has 0 radical (unpaired) electrons. The summed E-state index contributed by atoms with van der Waals surface area (Å²) in [5, 5.41) is 19.9. The molecule has 1 rings (SSSR count). The van der Waals surface area contributed by atoms with Crippen LogP contribution < -0.4 is 0 Å². The Hall–Kier alpha value is -1.51. The highest BCUT2D eigenvalue weighted by atomic mass is 32.2. The minimum Gasteiger partial charge on any atom is -0.386 e. The molecule has 7 nitrogen and oxygen atoms in total. The number of nitrogens with zero attached hydrogens (tertiary/aromatic N) is 1. The van der Waals surface area contributed by atoms with Crippen LogP contribution in [-0.4, -0.2) is 31.3 Å². The lowest BCUT2D eigenvalue weighted by atomic mass is 10.1. The molecule has 0 bridgehead atoms. The van der Waals surface area contributed by atoms with E-state index in [1.165, 1.54) is 24.3 Å². The highest BCUT2D eigenvalue weighted by Crippen LogP contribution is 2.18. The van der Waals surface area contributed by atoms with Gasteiger partial charge in [0, 0.05) is 12.1 Å². The molecule has 0 amide bonds. The van der Waals surface area contributed by atoms with Gasteiger partial charge < -0.3 is 5.11 Å². The maximum Gasteiger partial charge on any atom is 0.269 e. The van der Waals surface area contributed by atoms with Crippen molar-refractivity contribution in [3.05, 3.63) is 39.9 Å². The molecule has 0 aromatic heterocycles. The van der Waals surface area contributed by atoms with Crippen molar-refractivity contribution in [2.24, 2.45) is 0 Å². The van der Waals surface area contributed by atoms with Crippen LogP contribution in [0.15, 0.2) is 24.3 Å². The van der Waals surface area contributed by atoms with Gasteiger partial charge in [0.2, 0.25) is 0 Å². The molecule has 1 aromatic rings. The third-order valence-corrected chi connectivity index (χ3v) is 2.49. The average Bonchev–Trinajstić information content (AvgIpc) is 2.25. The highest BCUT2D eigenvalue weighted by molar-refractivity contribution is 7.85. The van der Waals surface area contributed by atoms with E-state index in [9.17, 15) is 23.6 Å². The summed E-state index contributed by atoms with van der Waals surface area (Å²) in [4.78, 5) is 9.81. The van der Waals surface area contributed by atoms with Crippen LogP contribution >= 0.6 is 0 Å². The summed E-state index contributed by atoms with van der Waals surface area (Å²) in [7, 11) is -3.62. The lowest BCUT2D eigenvalue weighted by molar-refractivity contribution is -0.384. The Morgan fingerprint density at radius 3 is 2.35 bits per heavy atom. The summed E-state index contributed by atoms with van der Waals surface area (Å²) in [6.45, 7) is -0.420. The van der Waals surface area contributed by atoms with Crippen molar-refractivity contribution < 1.29 is 22.6 Å². The molecule has 0 unspecified atom stereocenters. The molecule has 0 fully saturated rings. The van der Waals surface area contributed by atoms with Gasteiger partial charge in [0.15, 0.2) is 0 Å². The van der Waals surface area contributed by atoms with Crippen molar-refractivity contribution >= 4 is 15.8 Å². The lowest BCUT2D eigenvalue weighted by Gasteiger charge is -2.09. The number of rotatable bonds is 5. The predicted molar refractivity (Wildman–Crippen MR) is 58.9 cm³/mol. The fraction of sp³-hybridized carbons (Fsp3) is 0.333. The fourth-order valence-corrected chi connectivity index (χ4v) is 1.48. The SMILES string of the molecule is CS(=O)(=O)OC[C@H](O)c1ccc([N+](=O)[O-])cc1. The minimum atomic E-state index is -3.62. The second-order valence-corrected chi connectivity index (χ2v) is 5.00. The largest absolute Gasteiger partial charge is 0.386 e. The summed E-state index contributed by atoms with van der Waals surface area (Å²) in [6, 6.07) is 5.13. The first-order valence-electron chi connectivity index (χ1n) is 4.56. The molecule has 1 aromatic carbocycles. The Labute approximate surface area is 97.9 Å². The second-order valence-electron chi connectivity index (χ2n) is 3.35. The number of aliphatic hydroxyl groups is 1. The first-order valence-corrected chi connectivity index (χ1v) is 6.38. The molecule has 0 saturated carbocycles. The van der Waals surface area contributed by atoms with E-state index in [1.807, 2.05) is 0 Å². The van der Waals surface area contributed by atoms with Crippen LogP contribution in [0.25, 0.3) is 0 Å². The number of nitro benzene ring substituents is 1. The predicted octanol–water partition coefficient (Wildman–Crippen LogP) is 0.604. The van der Waals surface area contributed by atoms with Gasteiger partial charge >= 0.3 is 0 Å². The number of hydrogen-bond acceptors (Lipinski definition) is 6. The van der Waals surface area contributed by atoms with Crippen LogP contribution in [0.3, 0.4) is 0 Å². The van der Waals surface area contributed by atoms with E-state index in [0.29, 0.717) is 5.56 Å². The second kappa shape index (κ2) is 5.21. The Balaban J connectivity index is 2.70. The summed E-state index contributed by atoms with van der Waals surface area (Å²) in [6.07, 6.45) is -0.277. The molecule has 0 saturated heterocycles. The maximum absolute atomic E-state index is 10.7. The third kappa shape index (κ3) is 4.47. The third-order valence-electron chi connectivity index (χ3n) is 1.93. The number of benzene rings is 1. The van der Waals surface area contributed by atoms with Crippen LogP contribution in [0.5, 0.6) is 0 Å². The molecule has 1 atom stereocenters. The zero-order chi connectivity index (χ0) is 13.1. The summed E-state index contributed by atoms with van der Waals surface area (Å²) in [5.41, 5.74) is 0.240. The standard InChI is InChI=1S/C9H11NO6S/c1-17(14,15)16-6-9(11)7-2-4-8(5-3-7)10(12)13/h2-5,9,11H,6H2,1H3/t9-/m0/s1. The van der Waals surface area contributed by atoms with Crippen LogP contribution in [-0.2, 0) is 14.3 Å². The molecule has 0 heterocycles. The maximum atomic E-state index is 10.7. The van der Waals surface area contributed by atoms with E-state index in [1.54, 1.807) is 0 Å². The zero-order valence-electron chi connectivity index (χ0n) is 8.94. The van der Waals surface area contributed by atoms with Crippen molar-refractivity contribution in [3.63, 3.8) is 0 Å². The van der Waals surface area contributed by atoms with Gasteiger partial charge in [-0.05, 0) is 17.7 Å². The Morgan fingerprint density at radius 1 is 1.41 bits per heavy atom. The average molecular weight is 261 g/mol. The molecular weight excluding hydrogens is 250 g/mol. The van der Waals surface area contributed by atoms with E-state index < -0.39 is 27.8 Å². The van der Waals surface area contributed by atoms with E-state index in [0.717, 1.165) is 6.26 Å². The topological polar surface area (TPSA) is 107 Å². The summed E-state index contributed by atoms with van der Waals surface area (Å²) >= 11 is 0. The van der Waals surface area contributed by atoms with Gasteiger partial charge in [-0.1, -0.05) is 0 Å². The fourth-order valence-electron chi connectivity index (χ4n) is 1.10. The quantitative estimate of drug-likeness (QED) is 0.472. The Kier molecular flexibility index (Phi) is 4.16. The zero-order valence-corrected chi connectivity index (χ0v) is 9.75. The van der Waals surface area contributed by atoms with Crippen LogP contribution in [0.4, 0.5) is 5.69 Å². The molecular formula is C9H11NO6S. The number of aliphatic hydroxyl groups excluding tert-OH is 1. The molecule has 0 aliphatic carbocycles. The molecule has 8 heteroatoms. The molecule has 94 valence electrons. The van der Waals surface area contributed by atoms with E-state index >= 15 is 0 Å². The van der Waals surface area contributed by atoms with Crippen molar-refractivity contribution in [1.29, 1.82) is 0 Å². The molecule has 0 aliphatic rings. The smallest absolute Gasteiger partial charge is 0.269 e. The highest BCUT2D eigenvalue weighted by Gasteiger charge is 2.13. The van der Waals surface area contributed by atoms with Gasteiger partial charge in [-0.15, -0.1) is 0 Å². The first-order chi connectivity index (χ1) is 7.79. The molecule has 0 aliphatic heterocycles. The number of hydrogen-bond donors (Lipinski definition) is 1. The van der Waals surface area contributed by atoms with Gasteiger partial charge in [0.25, 0.3) is 15.8 Å². The molecule has 0 spiro atoms. The van der Waals surface area contributed by atoms with Crippen molar-refractivity contribution in [3.8, 4) is 0 Å². The van der Waals surface area contributed by atoms with Crippen LogP contribution in [0.2, 0.25) is 0 Å². The van der Waals surface area contributed by atoms with E-state index in [-0.39, 0.29) is 5.69 Å². The number of non-ortho nitro benzene ring substituents is 1. The van der Waals surface area contributed by atoms with Crippen LogP contribution in [0.1, 0.15) is 11.7 Å². The molecule has 17 heavy (non-hydrogen) atoms. The summed E-state index contributed by atoms with van der Waals surface area (Å²) < 4.78 is 25.8. The number of nitro groups is 1. The minimum absolute atomic E-state index is 0.106. The normalized spacial score (nSPS) is 13.3. The van der Waals surface area contributed by atoms with Gasteiger partial charge in [0.1, 0.15) is 6.10 Å². The molecule has 1 N–H and O–H groups in total. The van der Waals surface area contributed by atoms with Crippen LogP contribution in [0, 0.1) is 10.1 Å². The monoisotopic (exact) mass is 261 g/mol. The van der Waals surface area contributed by atoms with Gasteiger partial charge in [-0.3, -0.25) is 14.3 Å². The lowest BCUT2D eigenvalue weighted by Crippen LogP contribution is -2.11. The van der Waals surface area contributed by atoms with Gasteiger partial charge in [0.05, 0.1) is 17.8 Å². The van der Waals surface area contributed by atoms with Crippen molar-refractivity contribution in [2.45, 2.75) is 6.10 Å². The van der Waals surface area contributed by atoms with Gasteiger partial charge in [-0.25, -0.2) is 0 Å². The Bertz CT molecular complexity index is 495. The van der Waals surface area contributed by atoms with E-state index in [2.05, 4.69) is 4.18 Å². The Morgan fingerprint density at radius 2 is 1.94 bits per heavy atom. The van der Waals surface area contributed by atoms with Crippen molar-refractivity contribution in [2.75, 3.05) is 12.9 Å². The van der Waals surface area contributed by atoms with Crippen molar-refractivity contribution in [1.82, 2.24) is 0 Å². The van der Waals surface area contributed by atoms with E-state index in [4.69, 9.17) is 0 Å². The first kappa shape index (κ1) is 13.6. The van der Waals surface area contributed by atoms with Gasteiger partial charge in [-0.2, -0.15) is 8.42 Å².